The molecule has 0 aliphatic carbocycles. The van der Waals surface area contributed by atoms with Gasteiger partial charge in [-0.1, -0.05) is 37.1 Å². The third kappa shape index (κ3) is 5.18. The molecule has 0 spiro atoms. The molecule has 0 bridgehead atoms. The molecule has 0 saturated carbocycles. The van der Waals surface area contributed by atoms with Gasteiger partial charge in [0.1, 0.15) is 11.4 Å². The Morgan fingerprint density at radius 1 is 1.17 bits per heavy atom. The van der Waals surface area contributed by atoms with Gasteiger partial charge in [0.05, 0.1) is 31.4 Å². The molecule has 0 amide bonds. The van der Waals surface area contributed by atoms with Crippen LogP contribution >= 0.6 is 11.6 Å². The van der Waals surface area contributed by atoms with Crippen molar-refractivity contribution in [2.45, 2.75) is 45.3 Å². The molecular weight excluding hydrogens is 464 g/mol. The third-order valence-corrected chi connectivity index (χ3v) is 7.09. The summed E-state index contributed by atoms with van der Waals surface area (Å²) < 4.78 is 11.8. The summed E-state index contributed by atoms with van der Waals surface area (Å²) in [5.74, 6) is 0.915. The number of hydrogen-bond donors (Lipinski definition) is 2. The van der Waals surface area contributed by atoms with Crippen molar-refractivity contribution in [1.82, 2.24) is 4.98 Å². The van der Waals surface area contributed by atoms with E-state index in [1.807, 2.05) is 43.3 Å². The highest BCUT2D eigenvalue weighted by Crippen LogP contribution is 2.43. The monoisotopic (exact) mass is 498 g/mol. The van der Waals surface area contributed by atoms with Gasteiger partial charge in [-0.25, -0.2) is 4.98 Å². The zero-order chi connectivity index (χ0) is 25.0. The lowest BCUT2D eigenvalue weighted by atomic mass is 9.79. The van der Waals surface area contributed by atoms with Crippen LogP contribution in [0.2, 0.25) is 5.02 Å². The molecule has 3 aromatic rings. The summed E-state index contributed by atoms with van der Waals surface area (Å²) in [6.07, 6.45) is 0.852. The van der Waals surface area contributed by atoms with Gasteiger partial charge >= 0.3 is 0 Å². The molecule has 1 saturated heterocycles. The Kier molecular flexibility index (Phi) is 8.30. The molecule has 6 nitrogen and oxygen atoms in total. The number of anilines is 1. The minimum Gasteiger partial charge on any atom is -0.393 e. The highest BCUT2D eigenvalue weighted by molar-refractivity contribution is 6.30. The van der Waals surface area contributed by atoms with Gasteiger partial charge in [-0.3, -0.25) is 0 Å². The van der Waals surface area contributed by atoms with Crippen molar-refractivity contribution in [3.05, 3.63) is 58.6 Å². The second-order valence-electron chi connectivity index (χ2n) is 9.21. The van der Waals surface area contributed by atoms with E-state index in [0.717, 1.165) is 64.9 Å². The smallest absolute Gasteiger partial charge is 0.142 e. The number of morpholine rings is 1. The summed E-state index contributed by atoms with van der Waals surface area (Å²) in [5, 5.41) is 23.3. The Hall–Kier alpha value is -2.22. The Labute approximate surface area is 212 Å². The standard InChI is InChI=1S/C28H35ClN2O4/c1-4-5-14-35-28(18-32,20(3)33)27-19(2)17-24-23(26(27)21-6-8-22(29)9-7-21)10-11-25(30-24)31-12-15-34-16-13-31/h6-11,17,20,32-33H,4-5,12-16,18H2,1-3H3. The number of rotatable bonds is 9. The Morgan fingerprint density at radius 2 is 1.89 bits per heavy atom. The molecule has 2 unspecified atom stereocenters. The molecule has 7 heteroatoms. The van der Waals surface area contributed by atoms with Crippen LogP contribution in [0.5, 0.6) is 0 Å². The lowest BCUT2D eigenvalue weighted by Crippen LogP contribution is -2.45. The number of aryl methyl sites for hydroxylation is 1. The van der Waals surface area contributed by atoms with Crippen LogP contribution in [0.15, 0.2) is 42.5 Å². The molecular formula is C28H35ClN2O4. The van der Waals surface area contributed by atoms with Gasteiger partial charge in [0.15, 0.2) is 0 Å². The Bertz CT molecular complexity index is 1150. The van der Waals surface area contributed by atoms with Gasteiger partial charge in [0.2, 0.25) is 0 Å². The Morgan fingerprint density at radius 3 is 2.51 bits per heavy atom. The lowest BCUT2D eigenvalue weighted by molar-refractivity contribution is -0.149. The molecule has 1 aliphatic rings. The number of benzene rings is 2. The number of fused-ring (bicyclic) bond motifs is 1. The number of aliphatic hydroxyl groups excluding tert-OH is 2. The van der Waals surface area contributed by atoms with Crippen molar-refractivity contribution < 1.29 is 19.7 Å². The third-order valence-electron chi connectivity index (χ3n) is 6.84. The highest BCUT2D eigenvalue weighted by atomic mass is 35.5. The minimum absolute atomic E-state index is 0.347. The van der Waals surface area contributed by atoms with Crippen LogP contribution in [0, 0.1) is 6.92 Å². The van der Waals surface area contributed by atoms with E-state index >= 15 is 0 Å². The summed E-state index contributed by atoms with van der Waals surface area (Å²) in [4.78, 5) is 7.24. The first-order chi connectivity index (χ1) is 16.9. The summed E-state index contributed by atoms with van der Waals surface area (Å²) >= 11 is 6.21. The van der Waals surface area contributed by atoms with Crippen LogP contribution in [0.1, 0.15) is 37.8 Å². The fourth-order valence-electron chi connectivity index (χ4n) is 4.88. The van der Waals surface area contributed by atoms with Crippen molar-refractivity contribution in [3.63, 3.8) is 0 Å². The molecule has 2 N–H and O–H groups in total. The predicted molar refractivity (Wildman–Crippen MR) is 141 cm³/mol. The van der Waals surface area contributed by atoms with Crippen LogP contribution in [-0.2, 0) is 15.1 Å². The van der Waals surface area contributed by atoms with E-state index < -0.39 is 11.7 Å². The van der Waals surface area contributed by atoms with Crippen LogP contribution in [0.25, 0.3) is 22.0 Å². The first kappa shape index (κ1) is 25.9. The minimum atomic E-state index is -1.27. The molecule has 4 rings (SSSR count). The van der Waals surface area contributed by atoms with Crippen LogP contribution in [0.3, 0.4) is 0 Å². The number of unbranched alkanes of at least 4 members (excludes halogenated alkanes) is 1. The molecule has 2 heterocycles. The van der Waals surface area contributed by atoms with E-state index in [-0.39, 0.29) is 6.61 Å². The molecule has 2 atom stereocenters. The van der Waals surface area contributed by atoms with Gasteiger partial charge in [0.25, 0.3) is 0 Å². The van der Waals surface area contributed by atoms with Crippen molar-refractivity contribution in [1.29, 1.82) is 0 Å². The van der Waals surface area contributed by atoms with Crippen molar-refractivity contribution in [2.75, 3.05) is 44.4 Å². The molecule has 1 aliphatic heterocycles. The van der Waals surface area contributed by atoms with Gasteiger partial charge < -0.3 is 24.6 Å². The SMILES string of the molecule is CCCCOC(CO)(c1c(C)cc2nc(N3CCOCC3)ccc2c1-c1ccc(Cl)cc1)C(C)O. The number of aromatic nitrogens is 1. The summed E-state index contributed by atoms with van der Waals surface area (Å²) in [5.41, 5.74) is 3.08. The maximum absolute atomic E-state index is 11.0. The number of nitrogens with zero attached hydrogens (tertiary/aromatic N) is 2. The van der Waals surface area contributed by atoms with Crippen molar-refractivity contribution >= 4 is 28.3 Å². The van der Waals surface area contributed by atoms with Gasteiger partial charge in [0, 0.05) is 35.7 Å². The maximum atomic E-state index is 11.0. The fraction of sp³-hybridized carbons (Fsp3) is 0.464. The first-order valence-electron chi connectivity index (χ1n) is 12.4. The number of hydrogen-bond acceptors (Lipinski definition) is 6. The average molecular weight is 499 g/mol. The quantitative estimate of drug-likeness (QED) is 0.400. The maximum Gasteiger partial charge on any atom is 0.142 e. The number of halogens is 1. The zero-order valence-electron chi connectivity index (χ0n) is 20.8. The zero-order valence-corrected chi connectivity index (χ0v) is 21.5. The molecule has 1 aromatic heterocycles. The molecule has 188 valence electrons. The molecule has 35 heavy (non-hydrogen) atoms. The van der Waals surface area contributed by atoms with Gasteiger partial charge in [-0.05, 0) is 67.3 Å². The number of pyridine rings is 1. The van der Waals surface area contributed by atoms with Gasteiger partial charge in [-0.2, -0.15) is 0 Å². The first-order valence-corrected chi connectivity index (χ1v) is 12.8. The van der Waals surface area contributed by atoms with Gasteiger partial charge in [-0.15, -0.1) is 0 Å². The van der Waals surface area contributed by atoms with Crippen LogP contribution < -0.4 is 4.90 Å². The number of ether oxygens (including phenoxy) is 2. The predicted octanol–water partition coefficient (Wildman–Crippen LogP) is 5.09. The number of aliphatic hydroxyl groups is 2. The van der Waals surface area contributed by atoms with E-state index in [1.165, 1.54) is 0 Å². The largest absolute Gasteiger partial charge is 0.393 e. The lowest BCUT2D eigenvalue weighted by Gasteiger charge is -2.38. The summed E-state index contributed by atoms with van der Waals surface area (Å²) in [7, 11) is 0. The fourth-order valence-corrected chi connectivity index (χ4v) is 5.01. The average Bonchev–Trinajstić information content (AvgIpc) is 2.87. The van der Waals surface area contributed by atoms with Crippen molar-refractivity contribution in [3.8, 4) is 11.1 Å². The van der Waals surface area contributed by atoms with Crippen LogP contribution in [0.4, 0.5) is 5.82 Å². The van der Waals surface area contributed by atoms with Crippen LogP contribution in [-0.4, -0.2) is 60.8 Å². The summed E-state index contributed by atoms with van der Waals surface area (Å²) in [6, 6.07) is 13.8. The van der Waals surface area contributed by atoms with E-state index in [9.17, 15) is 10.2 Å². The summed E-state index contributed by atoms with van der Waals surface area (Å²) in [6.45, 7) is 8.84. The van der Waals surface area contributed by atoms with E-state index in [0.29, 0.717) is 24.8 Å². The Balaban J connectivity index is 1.97. The van der Waals surface area contributed by atoms with Crippen molar-refractivity contribution in [2.24, 2.45) is 0 Å². The molecule has 0 radical (unpaired) electrons. The van der Waals surface area contributed by atoms with E-state index in [4.69, 9.17) is 26.1 Å². The topological polar surface area (TPSA) is 75.1 Å². The normalized spacial score (nSPS) is 16.9. The van der Waals surface area contributed by atoms with E-state index in [1.54, 1.807) is 6.92 Å². The molecule has 2 aromatic carbocycles. The second-order valence-corrected chi connectivity index (χ2v) is 9.65. The second kappa shape index (κ2) is 11.2. The van der Waals surface area contributed by atoms with E-state index in [2.05, 4.69) is 17.9 Å². The molecule has 1 fully saturated rings. The highest BCUT2D eigenvalue weighted by Gasteiger charge is 2.42.